The zero-order chi connectivity index (χ0) is 41.8. The highest BCUT2D eigenvalue weighted by molar-refractivity contribution is 6.01. The molecular formula is C48H56N10O3. The van der Waals surface area contributed by atoms with Gasteiger partial charge >= 0.3 is 0 Å². The van der Waals surface area contributed by atoms with E-state index in [0.717, 1.165) is 68.9 Å². The van der Waals surface area contributed by atoms with Crippen LogP contribution >= 0.6 is 0 Å². The summed E-state index contributed by atoms with van der Waals surface area (Å²) < 4.78 is 3.46. The Morgan fingerprint density at radius 3 is 2.36 bits per heavy atom. The molecule has 2 N–H and O–H groups in total. The summed E-state index contributed by atoms with van der Waals surface area (Å²) in [6.45, 7) is 11.9. The Bertz CT molecular complexity index is 2520. The molecule has 0 radical (unpaired) electrons. The number of amides is 2. The van der Waals surface area contributed by atoms with Crippen molar-refractivity contribution in [2.45, 2.75) is 89.1 Å². The number of nitrogens with zero attached hydrogens (tertiary/aromatic N) is 8. The Hall–Kier alpha value is -5.82. The van der Waals surface area contributed by atoms with Crippen LogP contribution in [0, 0.1) is 11.3 Å². The predicted molar refractivity (Wildman–Crippen MR) is 239 cm³/mol. The number of aromatic nitrogens is 5. The van der Waals surface area contributed by atoms with Crippen molar-refractivity contribution in [1.82, 2.24) is 34.5 Å². The molecule has 1 spiro atoms. The van der Waals surface area contributed by atoms with Crippen LogP contribution in [0.1, 0.15) is 86.9 Å². The van der Waals surface area contributed by atoms with Crippen molar-refractivity contribution < 1.29 is 9.59 Å². The normalized spacial score (nSPS) is 21.4. The molecule has 0 bridgehead atoms. The Kier molecular flexibility index (Phi) is 10.2. The van der Waals surface area contributed by atoms with Crippen LogP contribution in [0.5, 0.6) is 0 Å². The van der Waals surface area contributed by atoms with Gasteiger partial charge in [-0.25, -0.2) is 19.3 Å². The summed E-state index contributed by atoms with van der Waals surface area (Å²) in [6, 6.07) is 21.7. The largest absolute Gasteiger partial charge is 0.372 e. The third kappa shape index (κ3) is 7.40. The molecule has 10 rings (SSSR count). The third-order valence-electron chi connectivity index (χ3n) is 14.4. The second-order valence-corrected chi connectivity index (χ2v) is 18.3. The molecule has 5 aromatic rings. The maximum atomic E-state index is 13.5. The zero-order valence-corrected chi connectivity index (χ0v) is 35.4. The minimum absolute atomic E-state index is 0.164. The van der Waals surface area contributed by atoms with Gasteiger partial charge in [0.05, 0.1) is 12.5 Å². The lowest BCUT2D eigenvalue weighted by Crippen LogP contribution is -2.66. The van der Waals surface area contributed by atoms with Crippen LogP contribution in [-0.2, 0) is 22.6 Å². The Balaban J connectivity index is 0.710. The highest BCUT2D eigenvalue weighted by atomic mass is 16.2. The van der Waals surface area contributed by atoms with E-state index in [0.29, 0.717) is 65.5 Å². The summed E-state index contributed by atoms with van der Waals surface area (Å²) in [5, 5.41) is 6.30. The van der Waals surface area contributed by atoms with Gasteiger partial charge in [-0.1, -0.05) is 31.2 Å². The van der Waals surface area contributed by atoms with Crippen molar-refractivity contribution in [3.63, 3.8) is 0 Å². The number of piperidine rings is 2. The van der Waals surface area contributed by atoms with Crippen LogP contribution in [0.25, 0.3) is 16.9 Å². The molecule has 1 saturated carbocycles. The summed E-state index contributed by atoms with van der Waals surface area (Å²) in [5.74, 6) is 1.66. The number of allylic oxidation sites excluding steroid dienone is 1. The number of rotatable bonds is 12. The first-order valence-corrected chi connectivity index (χ1v) is 22.3. The Morgan fingerprint density at radius 2 is 1.64 bits per heavy atom. The first kappa shape index (κ1) is 39.3. The van der Waals surface area contributed by atoms with Crippen LogP contribution in [0.15, 0.2) is 84.3 Å². The molecule has 13 nitrogen and oxygen atoms in total. The van der Waals surface area contributed by atoms with Crippen molar-refractivity contribution in [2.75, 3.05) is 54.9 Å². The molecule has 3 aliphatic heterocycles. The van der Waals surface area contributed by atoms with E-state index in [1.807, 2.05) is 10.7 Å². The van der Waals surface area contributed by atoms with Gasteiger partial charge in [0.15, 0.2) is 11.5 Å². The summed E-state index contributed by atoms with van der Waals surface area (Å²) >= 11 is 0. The summed E-state index contributed by atoms with van der Waals surface area (Å²) in [7, 11) is 2.32. The smallest absolute Gasteiger partial charge is 0.278 e. The molecule has 2 unspecified atom stereocenters. The lowest BCUT2D eigenvalue weighted by atomic mass is 9.60. The van der Waals surface area contributed by atoms with Crippen molar-refractivity contribution in [1.29, 1.82) is 0 Å². The van der Waals surface area contributed by atoms with Gasteiger partial charge in [0.1, 0.15) is 5.39 Å². The van der Waals surface area contributed by atoms with E-state index in [9.17, 15) is 14.4 Å². The number of carbonyl (C=O) groups is 2. The monoisotopic (exact) mass is 820 g/mol. The SMILES string of the molecule is C=CCn1c(=O)c2cnc(Nc3ccc(N4CCC(CN(C)C5CC6(C5)CN(c5ccc(C7CCC(=O)NC7=O)cc5)C6)CC4)cc3)nc2n1-c1ccc2c(n1)C(CC)CC2. The quantitative estimate of drug-likeness (QED) is 0.104. The number of fused-ring (bicyclic) bond motifs is 2. The fraction of sp³-hybridized carbons (Fsp3) is 0.458. The fourth-order valence-electron chi connectivity index (χ4n) is 10.8. The van der Waals surface area contributed by atoms with Gasteiger partial charge in [-0.15, -0.1) is 6.58 Å². The molecule has 316 valence electrons. The van der Waals surface area contributed by atoms with E-state index in [4.69, 9.17) is 9.97 Å². The van der Waals surface area contributed by atoms with Gasteiger partial charge in [0.2, 0.25) is 17.8 Å². The van der Waals surface area contributed by atoms with Gasteiger partial charge in [0.25, 0.3) is 5.56 Å². The number of nitrogens with one attached hydrogen (secondary N) is 2. The number of aryl methyl sites for hydroxylation is 1. The molecule has 5 aliphatic rings. The molecule has 2 atom stereocenters. The first-order chi connectivity index (χ1) is 29.7. The molecule has 6 heterocycles. The fourth-order valence-corrected chi connectivity index (χ4v) is 10.8. The van der Waals surface area contributed by atoms with Crippen LogP contribution in [-0.4, -0.2) is 86.8 Å². The Labute approximate surface area is 356 Å². The minimum atomic E-state index is -0.232. The van der Waals surface area contributed by atoms with Crippen LogP contribution in [0.3, 0.4) is 0 Å². The summed E-state index contributed by atoms with van der Waals surface area (Å²) in [4.78, 5) is 59.5. The molecule has 3 saturated heterocycles. The van der Waals surface area contributed by atoms with Gasteiger partial charge in [-0.2, -0.15) is 4.98 Å². The van der Waals surface area contributed by atoms with Gasteiger partial charge in [-0.3, -0.25) is 19.7 Å². The number of carbonyl (C=O) groups excluding carboxylic acids is 2. The third-order valence-corrected chi connectivity index (χ3v) is 14.4. The zero-order valence-electron chi connectivity index (χ0n) is 35.4. The second-order valence-electron chi connectivity index (χ2n) is 18.3. The number of imide groups is 1. The number of benzene rings is 2. The van der Waals surface area contributed by atoms with E-state index < -0.39 is 0 Å². The topological polar surface area (TPSA) is 134 Å². The number of anilines is 4. The summed E-state index contributed by atoms with van der Waals surface area (Å²) in [5.41, 5.74) is 7.53. The maximum absolute atomic E-state index is 13.5. The lowest BCUT2D eigenvalue weighted by Gasteiger charge is -2.61. The average molecular weight is 821 g/mol. The highest BCUT2D eigenvalue weighted by Gasteiger charge is 2.53. The number of pyridine rings is 1. The van der Waals surface area contributed by atoms with E-state index in [2.05, 4.69) is 105 Å². The Morgan fingerprint density at radius 1 is 0.902 bits per heavy atom. The standard InChI is InChI=1S/C48H56N10O3/c1-4-22-57-46(61)40-27-49-47(53-44(40)58(57)41-18-10-34-7-6-32(5-2)43(34)51-41)50-35-11-15-36(16-12-35)55-23-20-31(21-24-55)28-54(3)38-25-48(26-38)29-56(30-48)37-13-8-33(9-14-37)39-17-19-42(59)52-45(39)60/h4,8-16,18,27,31-32,38-39H,1,5-7,17,19-26,28-30H2,2-3H3,(H,49,50,53)(H,52,59,60). The van der Waals surface area contributed by atoms with Crippen molar-refractivity contribution >= 4 is 45.9 Å². The van der Waals surface area contributed by atoms with Crippen molar-refractivity contribution in [2.24, 2.45) is 11.3 Å². The van der Waals surface area contributed by atoms with E-state index in [1.54, 1.807) is 17.0 Å². The van der Waals surface area contributed by atoms with E-state index in [1.165, 1.54) is 42.6 Å². The number of hydrogen-bond acceptors (Lipinski definition) is 10. The van der Waals surface area contributed by atoms with Crippen molar-refractivity contribution in [3.8, 4) is 5.82 Å². The molecule has 4 fully saturated rings. The molecule has 61 heavy (non-hydrogen) atoms. The van der Waals surface area contributed by atoms with Gasteiger partial charge in [-0.05, 0) is 118 Å². The second kappa shape index (κ2) is 15.9. The molecule has 3 aromatic heterocycles. The molecule has 2 amide bonds. The predicted octanol–water partition coefficient (Wildman–Crippen LogP) is 6.68. The highest BCUT2D eigenvalue weighted by Crippen LogP contribution is 2.51. The number of hydrogen-bond donors (Lipinski definition) is 2. The van der Waals surface area contributed by atoms with E-state index in [-0.39, 0.29) is 23.3 Å². The van der Waals surface area contributed by atoms with Crippen LogP contribution in [0.4, 0.5) is 23.0 Å². The summed E-state index contributed by atoms with van der Waals surface area (Å²) in [6.07, 6.45) is 12.4. The van der Waals surface area contributed by atoms with Crippen molar-refractivity contribution in [3.05, 3.63) is 107 Å². The molecule has 2 aliphatic carbocycles. The molecule has 13 heteroatoms. The molecular weight excluding hydrogens is 765 g/mol. The van der Waals surface area contributed by atoms with Crippen LogP contribution < -0.4 is 26.0 Å². The van der Waals surface area contributed by atoms with Crippen LogP contribution in [0.2, 0.25) is 0 Å². The van der Waals surface area contributed by atoms with Gasteiger partial charge in [0, 0.05) is 85.5 Å². The maximum Gasteiger partial charge on any atom is 0.278 e. The average Bonchev–Trinajstić information content (AvgIpc) is 3.77. The first-order valence-electron chi connectivity index (χ1n) is 22.3. The minimum Gasteiger partial charge on any atom is -0.372 e. The molecule has 2 aromatic carbocycles. The van der Waals surface area contributed by atoms with Gasteiger partial charge < -0.3 is 20.0 Å². The van der Waals surface area contributed by atoms with E-state index >= 15 is 0 Å². The lowest BCUT2D eigenvalue weighted by molar-refractivity contribution is -0.134.